The molecule has 0 bridgehead atoms. The molecule has 0 radical (unpaired) electrons. The highest BCUT2D eigenvalue weighted by Gasteiger charge is 2.19. The van der Waals surface area contributed by atoms with Gasteiger partial charge in [0.15, 0.2) is 0 Å². The molecule has 0 aliphatic carbocycles. The second-order valence-electron chi connectivity index (χ2n) is 3.40. The van der Waals surface area contributed by atoms with E-state index in [-0.39, 0.29) is 0 Å². The molecule has 1 aromatic carbocycles. The fourth-order valence-electron chi connectivity index (χ4n) is 1.86. The van der Waals surface area contributed by atoms with E-state index in [1.165, 1.54) is 29.7 Å². The van der Waals surface area contributed by atoms with Crippen LogP contribution in [0.3, 0.4) is 0 Å². The lowest BCUT2D eigenvalue weighted by molar-refractivity contribution is 0.817. The van der Waals surface area contributed by atoms with Gasteiger partial charge in [0.05, 0.1) is 0 Å². The predicted octanol–water partition coefficient (Wildman–Crippen LogP) is 2.71. The molecule has 1 heterocycles. The molecule has 1 saturated heterocycles. The predicted molar refractivity (Wildman–Crippen MR) is 58.8 cm³/mol. The molecule has 0 amide bonds. The highest BCUT2D eigenvalue weighted by molar-refractivity contribution is 7.99. The quantitative estimate of drug-likeness (QED) is 0.781. The van der Waals surface area contributed by atoms with Gasteiger partial charge in [0.2, 0.25) is 0 Å². The third-order valence-electron chi connectivity index (χ3n) is 2.55. The first-order valence-electron chi connectivity index (χ1n) is 4.81. The van der Waals surface area contributed by atoms with E-state index in [9.17, 15) is 0 Å². The third kappa shape index (κ3) is 1.89. The van der Waals surface area contributed by atoms with Crippen LogP contribution < -0.4 is 5.73 Å². The summed E-state index contributed by atoms with van der Waals surface area (Å²) in [5.74, 6) is 1.31. The van der Waals surface area contributed by atoms with E-state index in [4.69, 9.17) is 5.73 Å². The Bertz CT molecular complexity index is 279. The number of rotatable bonds is 2. The molecule has 2 heteroatoms. The maximum atomic E-state index is 5.71. The smallest absolute Gasteiger partial charge is 0.0300 e. The van der Waals surface area contributed by atoms with Crippen molar-refractivity contribution < 1.29 is 0 Å². The lowest BCUT2D eigenvalue weighted by Crippen LogP contribution is -2.02. The lowest BCUT2D eigenvalue weighted by atomic mass is 10.0. The molecule has 2 N–H and O–H groups in total. The fourth-order valence-corrected chi connectivity index (χ4v) is 3.22. The van der Waals surface area contributed by atoms with Gasteiger partial charge in [-0.05, 0) is 29.7 Å². The first kappa shape index (κ1) is 9.10. The molecule has 1 aromatic rings. The van der Waals surface area contributed by atoms with E-state index in [0.29, 0.717) is 11.8 Å². The van der Waals surface area contributed by atoms with Crippen molar-refractivity contribution in [1.82, 2.24) is 0 Å². The van der Waals surface area contributed by atoms with Gasteiger partial charge < -0.3 is 5.73 Å². The summed E-state index contributed by atoms with van der Waals surface area (Å²) in [7, 11) is 0. The number of hydrogen-bond donors (Lipinski definition) is 1. The Labute approximate surface area is 83.7 Å². The summed E-state index contributed by atoms with van der Waals surface area (Å²) >= 11 is 2.07. The van der Waals surface area contributed by atoms with E-state index in [1.807, 2.05) is 0 Å². The molecule has 0 aromatic heterocycles. The van der Waals surface area contributed by atoms with Crippen molar-refractivity contribution in [3.8, 4) is 0 Å². The number of thioether (sulfide) groups is 1. The first-order chi connectivity index (χ1) is 6.42. The largest absolute Gasteiger partial charge is 0.326 e. The van der Waals surface area contributed by atoms with E-state index in [0.717, 1.165) is 0 Å². The maximum Gasteiger partial charge on any atom is 0.0300 e. The molecule has 0 spiro atoms. The lowest BCUT2D eigenvalue weighted by Gasteiger charge is -2.12. The summed E-state index contributed by atoms with van der Waals surface area (Å²) in [5.41, 5.74) is 8.50. The Kier molecular flexibility index (Phi) is 2.91. The Morgan fingerprint density at radius 1 is 1.38 bits per heavy atom. The van der Waals surface area contributed by atoms with Crippen LogP contribution in [0.15, 0.2) is 24.3 Å². The minimum absolute atomic E-state index is 0.674. The summed E-state index contributed by atoms with van der Waals surface area (Å²) in [6, 6.07) is 8.57. The first-order valence-corrected chi connectivity index (χ1v) is 5.86. The van der Waals surface area contributed by atoms with Crippen LogP contribution in [0.25, 0.3) is 0 Å². The Hall–Kier alpha value is -0.470. The SMILES string of the molecule is NCc1ccccc1C1CCCS1. The van der Waals surface area contributed by atoms with Crippen LogP contribution in [0.4, 0.5) is 0 Å². The average molecular weight is 193 g/mol. The molecule has 1 aliphatic heterocycles. The van der Waals surface area contributed by atoms with Crippen LogP contribution in [0.1, 0.15) is 29.2 Å². The standard InChI is InChI=1S/C11H15NS/c12-8-9-4-1-2-5-10(9)11-6-3-7-13-11/h1-2,4-5,11H,3,6-8,12H2. The van der Waals surface area contributed by atoms with Crippen molar-refractivity contribution in [2.24, 2.45) is 5.73 Å². The van der Waals surface area contributed by atoms with E-state index >= 15 is 0 Å². The Balaban J connectivity index is 2.26. The molecule has 1 nitrogen and oxygen atoms in total. The van der Waals surface area contributed by atoms with Crippen molar-refractivity contribution in [2.45, 2.75) is 24.6 Å². The van der Waals surface area contributed by atoms with Gasteiger partial charge in [0, 0.05) is 11.8 Å². The second kappa shape index (κ2) is 4.16. The van der Waals surface area contributed by atoms with Crippen molar-refractivity contribution in [2.75, 3.05) is 5.75 Å². The number of hydrogen-bond acceptors (Lipinski definition) is 2. The van der Waals surface area contributed by atoms with Crippen molar-refractivity contribution in [3.63, 3.8) is 0 Å². The van der Waals surface area contributed by atoms with Gasteiger partial charge in [-0.25, -0.2) is 0 Å². The molecule has 70 valence electrons. The van der Waals surface area contributed by atoms with Gasteiger partial charge >= 0.3 is 0 Å². The van der Waals surface area contributed by atoms with Crippen LogP contribution in [0.5, 0.6) is 0 Å². The molecule has 1 atom stereocenters. The number of benzene rings is 1. The monoisotopic (exact) mass is 193 g/mol. The molecule has 1 unspecified atom stereocenters. The van der Waals surface area contributed by atoms with Crippen LogP contribution in [0, 0.1) is 0 Å². The van der Waals surface area contributed by atoms with Gasteiger partial charge in [-0.3, -0.25) is 0 Å². The Morgan fingerprint density at radius 2 is 2.23 bits per heavy atom. The van der Waals surface area contributed by atoms with E-state index in [2.05, 4.69) is 36.0 Å². The van der Waals surface area contributed by atoms with Gasteiger partial charge in [-0.15, -0.1) is 0 Å². The molecule has 13 heavy (non-hydrogen) atoms. The zero-order chi connectivity index (χ0) is 9.10. The summed E-state index contributed by atoms with van der Waals surface area (Å²) in [6.45, 7) is 0.674. The van der Waals surface area contributed by atoms with Crippen LogP contribution in [-0.4, -0.2) is 5.75 Å². The highest BCUT2D eigenvalue weighted by atomic mass is 32.2. The fraction of sp³-hybridized carbons (Fsp3) is 0.455. The molecule has 1 aliphatic rings. The molecule has 1 fully saturated rings. The van der Waals surface area contributed by atoms with Crippen LogP contribution >= 0.6 is 11.8 Å². The normalized spacial score (nSPS) is 22.1. The second-order valence-corrected chi connectivity index (χ2v) is 4.72. The minimum Gasteiger partial charge on any atom is -0.326 e. The molecule has 2 rings (SSSR count). The average Bonchev–Trinajstić information content (AvgIpc) is 2.70. The topological polar surface area (TPSA) is 26.0 Å². The van der Waals surface area contributed by atoms with Crippen LogP contribution in [0.2, 0.25) is 0 Å². The number of nitrogens with two attached hydrogens (primary N) is 1. The van der Waals surface area contributed by atoms with Gasteiger partial charge in [-0.2, -0.15) is 11.8 Å². The summed E-state index contributed by atoms with van der Waals surface area (Å²) < 4.78 is 0. The van der Waals surface area contributed by atoms with Crippen LogP contribution in [-0.2, 0) is 6.54 Å². The minimum atomic E-state index is 0.674. The third-order valence-corrected chi connectivity index (χ3v) is 3.97. The maximum absolute atomic E-state index is 5.71. The van der Waals surface area contributed by atoms with Crippen molar-refractivity contribution >= 4 is 11.8 Å². The van der Waals surface area contributed by atoms with Crippen molar-refractivity contribution in [1.29, 1.82) is 0 Å². The van der Waals surface area contributed by atoms with E-state index < -0.39 is 0 Å². The molecule has 0 saturated carbocycles. The summed E-state index contributed by atoms with van der Waals surface area (Å²) in [5, 5.41) is 0.708. The summed E-state index contributed by atoms with van der Waals surface area (Å²) in [4.78, 5) is 0. The van der Waals surface area contributed by atoms with E-state index in [1.54, 1.807) is 0 Å². The van der Waals surface area contributed by atoms with Gasteiger partial charge in [0.1, 0.15) is 0 Å². The zero-order valence-corrected chi connectivity index (χ0v) is 8.52. The van der Waals surface area contributed by atoms with Gasteiger partial charge in [-0.1, -0.05) is 24.3 Å². The van der Waals surface area contributed by atoms with Crippen molar-refractivity contribution in [3.05, 3.63) is 35.4 Å². The Morgan fingerprint density at radius 3 is 2.92 bits per heavy atom. The zero-order valence-electron chi connectivity index (χ0n) is 7.70. The molecular formula is C11H15NS. The molecular weight excluding hydrogens is 178 g/mol. The summed E-state index contributed by atoms with van der Waals surface area (Å²) in [6.07, 6.45) is 2.68. The van der Waals surface area contributed by atoms with Gasteiger partial charge in [0.25, 0.3) is 0 Å². The highest BCUT2D eigenvalue weighted by Crippen LogP contribution is 2.40.